The number of aromatic amines is 1. The first-order chi connectivity index (χ1) is 12.8. The average molecular weight is 341 g/mol. The van der Waals surface area contributed by atoms with Crippen molar-refractivity contribution in [1.29, 1.82) is 0 Å². The van der Waals surface area contributed by atoms with Gasteiger partial charge in [0.05, 0.1) is 17.4 Å². The second kappa shape index (κ2) is 7.23. The number of H-pyrrole nitrogens is 1. The highest BCUT2D eigenvalue weighted by Gasteiger charge is 2.17. The minimum absolute atomic E-state index is 0.00852. The lowest BCUT2D eigenvalue weighted by atomic mass is 10.1. The summed E-state index contributed by atoms with van der Waals surface area (Å²) >= 11 is 0. The van der Waals surface area contributed by atoms with Crippen LogP contribution in [0.15, 0.2) is 85.2 Å². The topological polar surface area (TPSA) is 49.0 Å². The van der Waals surface area contributed by atoms with Crippen molar-refractivity contribution in [3.8, 4) is 0 Å². The van der Waals surface area contributed by atoms with Crippen molar-refractivity contribution in [2.45, 2.75) is 13.1 Å². The van der Waals surface area contributed by atoms with Gasteiger partial charge in [-0.3, -0.25) is 4.79 Å². The van der Waals surface area contributed by atoms with E-state index in [1.54, 1.807) is 6.33 Å². The first kappa shape index (κ1) is 16.1. The largest absolute Gasteiger partial charge is 0.345 e. The number of aromatic nitrogens is 2. The van der Waals surface area contributed by atoms with Crippen molar-refractivity contribution in [2.75, 3.05) is 0 Å². The number of carbonyl (C=O) groups excluding carboxylic acids is 1. The molecular weight excluding hydrogens is 322 g/mol. The van der Waals surface area contributed by atoms with Gasteiger partial charge in [-0.1, -0.05) is 60.7 Å². The summed E-state index contributed by atoms with van der Waals surface area (Å²) in [5.41, 5.74) is 4.61. The summed E-state index contributed by atoms with van der Waals surface area (Å²) in [5, 5.41) is 0. The quantitative estimate of drug-likeness (QED) is 0.585. The van der Waals surface area contributed by atoms with Gasteiger partial charge >= 0.3 is 0 Å². The minimum Gasteiger partial charge on any atom is -0.345 e. The number of rotatable bonds is 5. The van der Waals surface area contributed by atoms with Crippen LogP contribution in [0.2, 0.25) is 0 Å². The van der Waals surface area contributed by atoms with Gasteiger partial charge in [-0.25, -0.2) is 4.98 Å². The van der Waals surface area contributed by atoms with Crippen molar-refractivity contribution < 1.29 is 4.79 Å². The van der Waals surface area contributed by atoms with E-state index in [4.69, 9.17) is 0 Å². The van der Waals surface area contributed by atoms with E-state index in [-0.39, 0.29) is 5.91 Å². The highest BCUT2D eigenvalue weighted by Crippen LogP contribution is 2.17. The summed E-state index contributed by atoms with van der Waals surface area (Å²) in [6.07, 6.45) is 1.64. The molecule has 0 fully saturated rings. The molecule has 4 aromatic rings. The van der Waals surface area contributed by atoms with E-state index < -0.39 is 0 Å². The third kappa shape index (κ3) is 3.49. The Kier molecular flexibility index (Phi) is 4.48. The van der Waals surface area contributed by atoms with Gasteiger partial charge in [0.2, 0.25) is 0 Å². The Hall–Kier alpha value is -3.40. The van der Waals surface area contributed by atoms with Gasteiger partial charge in [0, 0.05) is 18.7 Å². The van der Waals surface area contributed by atoms with Crippen LogP contribution in [0.3, 0.4) is 0 Å². The normalized spacial score (nSPS) is 10.8. The van der Waals surface area contributed by atoms with Gasteiger partial charge in [-0.2, -0.15) is 0 Å². The molecule has 1 heterocycles. The molecule has 0 bridgehead atoms. The molecule has 0 aliphatic carbocycles. The summed E-state index contributed by atoms with van der Waals surface area (Å²) in [6, 6.07) is 25.7. The third-order valence-corrected chi connectivity index (χ3v) is 4.39. The molecule has 4 heteroatoms. The number of nitrogens with one attached hydrogen (secondary N) is 1. The molecule has 0 unspecified atom stereocenters. The Bertz CT molecular complexity index is 968. The number of amides is 1. The zero-order valence-corrected chi connectivity index (χ0v) is 14.3. The predicted molar refractivity (Wildman–Crippen MR) is 103 cm³/mol. The second-order valence-electron chi connectivity index (χ2n) is 6.27. The van der Waals surface area contributed by atoms with E-state index in [0.717, 1.165) is 22.2 Å². The molecule has 0 saturated carbocycles. The maximum atomic E-state index is 13.2. The van der Waals surface area contributed by atoms with E-state index in [0.29, 0.717) is 18.7 Å². The molecule has 0 spiro atoms. The molecule has 1 N–H and O–H groups in total. The predicted octanol–water partition coefficient (Wildman–Crippen LogP) is 4.41. The van der Waals surface area contributed by atoms with Crippen molar-refractivity contribution >= 4 is 16.9 Å². The zero-order chi connectivity index (χ0) is 17.8. The molecule has 4 nitrogen and oxygen atoms in total. The standard InChI is InChI=1S/C22H19N3O/c26-22(19-11-12-20-21(13-19)24-16-23-20)25(14-17-7-3-1-4-8-17)15-18-9-5-2-6-10-18/h1-13,16H,14-15H2,(H,23,24). The van der Waals surface area contributed by atoms with Gasteiger partial charge < -0.3 is 9.88 Å². The first-order valence-corrected chi connectivity index (χ1v) is 8.60. The van der Waals surface area contributed by atoms with Crippen LogP contribution >= 0.6 is 0 Å². The molecule has 1 aromatic heterocycles. The molecule has 3 aromatic carbocycles. The Morgan fingerprint density at radius 2 is 1.46 bits per heavy atom. The number of carbonyl (C=O) groups is 1. The monoisotopic (exact) mass is 341 g/mol. The van der Waals surface area contributed by atoms with Crippen LogP contribution in [0.25, 0.3) is 11.0 Å². The third-order valence-electron chi connectivity index (χ3n) is 4.39. The fraction of sp³-hybridized carbons (Fsp3) is 0.0909. The lowest BCUT2D eigenvalue weighted by Crippen LogP contribution is -2.30. The van der Waals surface area contributed by atoms with Crippen molar-refractivity contribution in [2.24, 2.45) is 0 Å². The molecule has 0 atom stereocenters. The Morgan fingerprint density at radius 1 is 0.846 bits per heavy atom. The summed E-state index contributed by atoms with van der Waals surface area (Å²) in [5.74, 6) is 0.00852. The van der Waals surface area contributed by atoms with E-state index in [1.165, 1.54) is 0 Å². The van der Waals surface area contributed by atoms with Gasteiger partial charge in [0.25, 0.3) is 5.91 Å². The fourth-order valence-electron chi connectivity index (χ4n) is 3.06. The van der Waals surface area contributed by atoms with Crippen LogP contribution in [0.1, 0.15) is 21.5 Å². The van der Waals surface area contributed by atoms with Crippen molar-refractivity contribution in [3.63, 3.8) is 0 Å². The summed E-state index contributed by atoms with van der Waals surface area (Å²) in [4.78, 5) is 22.4. The second-order valence-corrected chi connectivity index (χ2v) is 6.27. The molecule has 128 valence electrons. The summed E-state index contributed by atoms with van der Waals surface area (Å²) in [6.45, 7) is 1.13. The average Bonchev–Trinajstić information content (AvgIpc) is 3.16. The maximum absolute atomic E-state index is 13.2. The molecule has 4 rings (SSSR count). The van der Waals surface area contributed by atoms with E-state index in [9.17, 15) is 4.79 Å². The van der Waals surface area contributed by atoms with Crippen LogP contribution < -0.4 is 0 Å². The Balaban J connectivity index is 1.65. The smallest absolute Gasteiger partial charge is 0.254 e. The lowest BCUT2D eigenvalue weighted by molar-refractivity contribution is 0.0730. The Labute approximate surface area is 152 Å². The number of fused-ring (bicyclic) bond motifs is 1. The first-order valence-electron chi connectivity index (χ1n) is 8.60. The molecule has 26 heavy (non-hydrogen) atoms. The van der Waals surface area contributed by atoms with Crippen molar-refractivity contribution in [3.05, 3.63) is 102 Å². The van der Waals surface area contributed by atoms with Gasteiger partial charge in [0.1, 0.15) is 0 Å². The number of hydrogen-bond acceptors (Lipinski definition) is 2. The molecule has 0 aliphatic rings. The molecule has 0 aliphatic heterocycles. The van der Waals surface area contributed by atoms with Crippen LogP contribution in [0.4, 0.5) is 0 Å². The van der Waals surface area contributed by atoms with Gasteiger partial charge in [0.15, 0.2) is 0 Å². The van der Waals surface area contributed by atoms with Crippen LogP contribution in [0.5, 0.6) is 0 Å². The Morgan fingerprint density at radius 3 is 2.08 bits per heavy atom. The van der Waals surface area contributed by atoms with E-state index in [1.807, 2.05) is 83.8 Å². The highest BCUT2D eigenvalue weighted by molar-refractivity contribution is 5.97. The molecular formula is C22H19N3O. The number of imidazole rings is 1. The van der Waals surface area contributed by atoms with Gasteiger partial charge in [-0.15, -0.1) is 0 Å². The minimum atomic E-state index is 0.00852. The highest BCUT2D eigenvalue weighted by atomic mass is 16.2. The van der Waals surface area contributed by atoms with Gasteiger partial charge in [-0.05, 0) is 29.3 Å². The lowest BCUT2D eigenvalue weighted by Gasteiger charge is -2.23. The zero-order valence-electron chi connectivity index (χ0n) is 14.3. The number of hydrogen-bond donors (Lipinski definition) is 1. The molecule has 0 radical (unpaired) electrons. The number of nitrogens with zero attached hydrogens (tertiary/aromatic N) is 2. The molecule has 0 saturated heterocycles. The van der Waals surface area contributed by atoms with Crippen LogP contribution in [0, 0.1) is 0 Å². The van der Waals surface area contributed by atoms with Crippen molar-refractivity contribution in [1.82, 2.24) is 14.9 Å². The SMILES string of the molecule is O=C(c1ccc2nc[nH]c2c1)N(Cc1ccccc1)Cc1ccccc1. The summed E-state index contributed by atoms with van der Waals surface area (Å²) in [7, 11) is 0. The molecule has 1 amide bonds. The van der Waals surface area contributed by atoms with Crippen LogP contribution in [-0.2, 0) is 13.1 Å². The summed E-state index contributed by atoms with van der Waals surface area (Å²) < 4.78 is 0. The van der Waals surface area contributed by atoms with Crippen LogP contribution in [-0.4, -0.2) is 20.8 Å². The fourth-order valence-corrected chi connectivity index (χ4v) is 3.06. The van der Waals surface area contributed by atoms with E-state index in [2.05, 4.69) is 9.97 Å². The maximum Gasteiger partial charge on any atom is 0.254 e. The van der Waals surface area contributed by atoms with E-state index >= 15 is 0 Å². The number of benzene rings is 3.